The smallest absolute Gasteiger partial charge is 0.194 e. The van der Waals surface area contributed by atoms with Crippen LogP contribution < -0.4 is 10.2 Å². The Kier molecular flexibility index (Phi) is 5.94. The number of nitrogens with one attached hydrogen (secondary N) is 1. The molecule has 0 atom stereocenters. The van der Waals surface area contributed by atoms with Gasteiger partial charge in [0.25, 0.3) is 0 Å². The predicted molar refractivity (Wildman–Crippen MR) is 111 cm³/mol. The molecule has 2 heterocycles. The molecule has 0 radical (unpaired) electrons. The Morgan fingerprint density at radius 2 is 2.08 bits per heavy atom. The van der Waals surface area contributed by atoms with Gasteiger partial charge in [-0.1, -0.05) is 24.3 Å². The van der Waals surface area contributed by atoms with Gasteiger partial charge in [-0.05, 0) is 38.5 Å². The maximum Gasteiger partial charge on any atom is 0.194 e. The molecule has 25 heavy (non-hydrogen) atoms. The van der Waals surface area contributed by atoms with E-state index in [2.05, 4.69) is 84.1 Å². The highest BCUT2D eigenvalue weighted by molar-refractivity contribution is 8.00. The molecule has 1 aromatic rings. The lowest BCUT2D eigenvalue weighted by Gasteiger charge is -2.39. The largest absolute Gasteiger partial charge is 0.364 e. The number of hydrogen-bond donors (Lipinski definition) is 1. The molecule has 136 valence electrons. The van der Waals surface area contributed by atoms with Gasteiger partial charge < -0.3 is 15.1 Å². The van der Waals surface area contributed by atoms with E-state index in [0.717, 1.165) is 51.0 Å². The minimum absolute atomic E-state index is 0.289. The Labute approximate surface area is 156 Å². The number of guanidine groups is 1. The van der Waals surface area contributed by atoms with E-state index in [1.807, 2.05) is 0 Å². The lowest BCUT2D eigenvalue weighted by Crippen LogP contribution is -2.50. The van der Waals surface area contributed by atoms with E-state index in [1.165, 1.54) is 11.3 Å². The molecular formula is C20H30N4S. The minimum atomic E-state index is 0.289. The van der Waals surface area contributed by atoms with Crippen molar-refractivity contribution in [3.8, 4) is 0 Å². The number of nitrogens with zero attached hydrogens (tertiary/aromatic N) is 3. The maximum absolute atomic E-state index is 4.93. The molecule has 1 fully saturated rings. The van der Waals surface area contributed by atoms with E-state index in [0.29, 0.717) is 0 Å². The summed E-state index contributed by atoms with van der Waals surface area (Å²) in [4.78, 5) is 9.72. The lowest BCUT2D eigenvalue weighted by atomic mass is 10.2. The Morgan fingerprint density at radius 3 is 2.80 bits per heavy atom. The monoisotopic (exact) mass is 358 g/mol. The van der Waals surface area contributed by atoms with Crippen LogP contribution in [0.25, 0.3) is 0 Å². The van der Waals surface area contributed by atoms with Crippen molar-refractivity contribution in [3.05, 3.63) is 42.0 Å². The van der Waals surface area contributed by atoms with Crippen molar-refractivity contribution in [3.63, 3.8) is 0 Å². The summed E-state index contributed by atoms with van der Waals surface area (Å²) in [6.07, 6.45) is 4.45. The highest BCUT2D eigenvalue weighted by Gasteiger charge is 2.28. The molecule has 0 amide bonds. The first kappa shape index (κ1) is 18.2. The Morgan fingerprint density at radius 1 is 1.28 bits per heavy atom. The quantitative estimate of drug-likeness (QED) is 0.508. The molecular weight excluding hydrogens is 328 g/mol. The number of hydrogen-bond acceptors (Lipinski definition) is 3. The van der Waals surface area contributed by atoms with Crippen LogP contribution in [0.4, 0.5) is 5.69 Å². The Hall–Kier alpha value is -1.62. The molecule has 4 nitrogen and oxygen atoms in total. The molecule has 0 aliphatic carbocycles. The minimum Gasteiger partial charge on any atom is -0.364 e. The third-order valence-electron chi connectivity index (χ3n) is 4.57. The molecule has 2 aliphatic rings. The first-order chi connectivity index (χ1) is 12.1. The molecule has 1 aromatic carbocycles. The molecule has 0 saturated carbocycles. The Balaban J connectivity index is 1.70. The van der Waals surface area contributed by atoms with E-state index >= 15 is 0 Å². The zero-order valence-electron chi connectivity index (χ0n) is 15.7. The molecule has 3 rings (SSSR count). The van der Waals surface area contributed by atoms with Crippen molar-refractivity contribution in [1.82, 2.24) is 10.2 Å². The molecule has 0 unspecified atom stereocenters. The van der Waals surface area contributed by atoms with Crippen molar-refractivity contribution >= 4 is 23.4 Å². The van der Waals surface area contributed by atoms with Crippen LogP contribution in [-0.4, -0.2) is 54.1 Å². The number of anilines is 1. The second-order valence-electron chi connectivity index (χ2n) is 7.25. The van der Waals surface area contributed by atoms with Crippen LogP contribution in [0.2, 0.25) is 0 Å². The summed E-state index contributed by atoms with van der Waals surface area (Å²) < 4.78 is 0.289. The number of thioether (sulfide) groups is 1. The fraction of sp³-hybridized carbons (Fsp3) is 0.550. The van der Waals surface area contributed by atoms with E-state index in [4.69, 9.17) is 4.99 Å². The normalized spacial score (nSPS) is 20.2. The summed E-state index contributed by atoms with van der Waals surface area (Å²) in [6.45, 7) is 12.5. The van der Waals surface area contributed by atoms with E-state index in [-0.39, 0.29) is 4.75 Å². The number of aliphatic imine (C=N–C) groups is 1. The van der Waals surface area contributed by atoms with Crippen molar-refractivity contribution in [2.24, 2.45) is 4.99 Å². The van der Waals surface area contributed by atoms with Gasteiger partial charge in [0.2, 0.25) is 0 Å². The SMILES string of the molecule is CCNC(=NCc1cccc(N2CC=CC2)c1)N1CCSC(C)(C)C1. The van der Waals surface area contributed by atoms with E-state index < -0.39 is 0 Å². The van der Waals surface area contributed by atoms with Crippen LogP contribution >= 0.6 is 11.8 Å². The van der Waals surface area contributed by atoms with Gasteiger partial charge in [0.1, 0.15) is 0 Å². The fourth-order valence-corrected chi connectivity index (χ4v) is 4.44. The summed E-state index contributed by atoms with van der Waals surface area (Å²) in [7, 11) is 0. The van der Waals surface area contributed by atoms with Gasteiger partial charge in [-0.25, -0.2) is 4.99 Å². The van der Waals surface area contributed by atoms with Crippen LogP contribution in [-0.2, 0) is 6.54 Å². The zero-order chi connectivity index (χ0) is 17.7. The van der Waals surface area contributed by atoms with E-state index in [1.54, 1.807) is 0 Å². The fourth-order valence-electron chi connectivity index (χ4n) is 3.33. The highest BCUT2D eigenvalue weighted by atomic mass is 32.2. The molecule has 0 aromatic heterocycles. The summed E-state index contributed by atoms with van der Waals surface area (Å²) in [5, 5.41) is 3.48. The van der Waals surface area contributed by atoms with Crippen molar-refractivity contribution in [1.29, 1.82) is 0 Å². The first-order valence-electron chi connectivity index (χ1n) is 9.23. The second-order valence-corrected chi connectivity index (χ2v) is 9.05. The average molecular weight is 359 g/mol. The second kappa shape index (κ2) is 8.17. The third-order valence-corrected chi connectivity index (χ3v) is 5.86. The molecule has 2 aliphatic heterocycles. The van der Waals surface area contributed by atoms with Gasteiger partial charge in [-0.15, -0.1) is 0 Å². The van der Waals surface area contributed by atoms with Crippen molar-refractivity contribution in [2.45, 2.75) is 32.1 Å². The molecule has 5 heteroatoms. The zero-order valence-corrected chi connectivity index (χ0v) is 16.5. The van der Waals surface area contributed by atoms with Crippen molar-refractivity contribution in [2.75, 3.05) is 43.4 Å². The predicted octanol–water partition coefficient (Wildman–Crippen LogP) is 3.36. The Bertz CT molecular complexity index is 630. The topological polar surface area (TPSA) is 30.9 Å². The van der Waals surface area contributed by atoms with E-state index in [9.17, 15) is 0 Å². The summed E-state index contributed by atoms with van der Waals surface area (Å²) in [5.74, 6) is 2.21. The average Bonchev–Trinajstić information content (AvgIpc) is 3.12. The van der Waals surface area contributed by atoms with Gasteiger partial charge in [0.05, 0.1) is 6.54 Å². The maximum atomic E-state index is 4.93. The third kappa shape index (κ3) is 4.94. The van der Waals surface area contributed by atoms with Crippen LogP contribution in [0.15, 0.2) is 41.4 Å². The van der Waals surface area contributed by atoms with Gasteiger partial charge in [0, 0.05) is 48.9 Å². The van der Waals surface area contributed by atoms with Crippen molar-refractivity contribution < 1.29 is 0 Å². The summed E-state index contributed by atoms with van der Waals surface area (Å²) in [5.41, 5.74) is 2.56. The lowest BCUT2D eigenvalue weighted by molar-refractivity contribution is 0.376. The number of benzene rings is 1. The van der Waals surface area contributed by atoms with Crippen LogP contribution in [0.1, 0.15) is 26.3 Å². The van der Waals surface area contributed by atoms with Gasteiger partial charge in [-0.3, -0.25) is 0 Å². The van der Waals surface area contributed by atoms with Crippen LogP contribution in [0.3, 0.4) is 0 Å². The van der Waals surface area contributed by atoms with Gasteiger partial charge in [-0.2, -0.15) is 11.8 Å². The summed E-state index contributed by atoms with van der Waals surface area (Å²) >= 11 is 2.05. The van der Waals surface area contributed by atoms with Crippen LogP contribution in [0, 0.1) is 0 Å². The first-order valence-corrected chi connectivity index (χ1v) is 10.2. The molecule has 0 spiro atoms. The van der Waals surface area contributed by atoms with Gasteiger partial charge >= 0.3 is 0 Å². The standard InChI is InChI=1S/C20H30N4S/c1-4-21-19(24-12-13-25-20(2,3)16-24)22-15-17-8-7-9-18(14-17)23-10-5-6-11-23/h5-9,14H,4,10-13,15-16H2,1-3H3,(H,21,22). The van der Waals surface area contributed by atoms with Crippen LogP contribution in [0.5, 0.6) is 0 Å². The molecule has 1 N–H and O–H groups in total. The summed E-state index contributed by atoms with van der Waals surface area (Å²) in [6, 6.07) is 8.79. The highest BCUT2D eigenvalue weighted by Crippen LogP contribution is 2.29. The van der Waals surface area contributed by atoms with Gasteiger partial charge in [0.15, 0.2) is 5.96 Å². The molecule has 1 saturated heterocycles. The molecule has 0 bridgehead atoms. The number of rotatable bonds is 4.